The predicted octanol–water partition coefficient (Wildman–Crippen LogP) is 0.409. The third-order valence-corrected chi connectivity index (χ3v) is 3.38. The number of hydrogen-bond donors (Lipinski definition) is 3. The number of aromatic amines is 1. The van der Waals surface area contributed by atoms with Gasteiger partial charge in [0.15, 0.2) is 5.69 Å². The Morgan fingerprint density at radius 1 is 1.17 bits per heavy atom. The number of aryl methyl sites for hydroxylation is 1. The first-order valence-electron chi connectivity index (χ1n) is 6.66. The van der Waals surface area contributed by atoms with E-state index in [4.69, 9.17) is 11.1 Å². The molecule has 0 aliphatic heterocycles. The number of amides is 1. The predicted molar refractivity (Wildman–Crippen MR) is 90.2 cm³/mol. The second-order valence-electron chi connectivity index (χ2n) is 4.85. The Labute approximate surface area is 138 Å². The van der Waals surface area contributed by atoms with Gasteiger partial charge in [-0.05, 0) is 29.8 Å². The van der Waals surface area contributed by atoms with E-state index in [1.54, 1.807) is 13.0 Å². The minimum absolute atomic E-state index is 0. The number of rotatable bonds is 2. The van der Waals surface area contributed by atoms with E-state index in [1.165, 1.54) is 4.90 Å². The molecule has 1 amide bonds. The van der Waals surface area contributed by atoms with Crippen LogP contribution in [-0.2, 0) is 0 Å². The first-order chi connectivity index (χ1) is 10.6. The molecule has 5 N–H and O–H groups in total. The van der Waals surface area contributed by atoms with E-state index in [-0.39, 0.29) is 24.1 Å². The standard InChI is InChI=1S/C15H14N6O.ClH/c1-9-13(19-20-18-9)14(22)21(15(16)17)12-7-6-10-4-2-3-5-11(10)8-12;/h2-8H,1H3,(H3,16,17)(H,18,19,20);1H/p+1. The van der Waals surface area contributed by atoms with Crippen molar-refractivity contribution in [1.29, 1.82) is 0 Å². The Balaban J connectivity index is 0.00000192. The number of guanidine groups is 1. The highest BCUT2D eigenvalue weighted by Gasteiger charge is 2.30. The maximum absolute atomic E-state index is 12.6. The molecule has 3 rings (SSSR count). The van der Waals surface area contributed by atoms with Crippen molar-refractivity contribution in [1.82, 2.24) is 15.4 Å². The highest BCUT2D eigenvalue weighted by atomic mass is 35.5. The molecule has 0 atom stereocenters. The second kappa shape index (κ2) is 6.45. The number of nitrogens with two attached hydrogens (primary N) is 2. The molecule has 2 aromatic carbocycles. The third-order valence-electron chi connectivity index (χ3n) is 3.38. The van der Waals surface area contributed by atoms with Gasteiger partial charge in [0.2, 0.25) is 0 Å². The maximum Gasteiger partial charge on any atom is 0.353 e. The van der Waals surface area contributed by atoms with Gasteiger partial charge in [0, 0.05) is 0 Å². The summed E-state index contributed by atoms with van der Waals surface area (Å²) >= 11 is 0. The molecular formula is C15H16ClN6O+. The summed E-state index contributed by atoms with van der Waals surface area (Å²) in [5.41, 5.74) is 6.95. The van der Waals surface area contributed by atoms with E-state index in [2.05, 4.69) is 15.4 Å². The van der Waals surface area contributed by atoms with Crippen LogP contribution < -0.4 is 16.0 Å². The number of fused-ring (bicyclic) bond motifs is 1. The molecule has 23 heavy (non-hydrogen) atoms. The van der Waals surface area contributed by atoms with E-state index < -0.39 is 5.91 Å². The summed E-state index contributed by atoms with van der Waals surface area (Å²) < 4.78 is 0. The van der Waals surface area contributed by atoms with Crippen LogP contribution >= 0.6 is 12.4 Å². The first kappa shape index (κ1) is 16.4. The zero-order chi connectivity index (χ0) is 15.7. The van der Waals surface area contributed by atoms with Crippen LogP contribution in [0.2, 0.25) is 0 Å². The fraction of sp³-hybridized carbons (Fsp3) is 0.0667. The lowest BCUT2D eigenvalue weighted by atomic mass is 10.1. The summed E-state index contributed by atoms with van der Waals surface area (Å²) in [4.78, 5) is 13.8. The summed E-state index contributed by atoms with van der Waals surface area (Å²) in [6, 6.07) is 13.4. The average Bonchev–Trinajstić information content (AvgIpc) is 2.93. The number of hydrogen-bond acceptors (Lipinski definition) is 3. The first-order valence-corrected chi connectivity index (χ1v) is 6.66. The van der Waals surface area contributed by atoms with Crippen LogP contribution in [-0.4, -0.2) is 27.3 Å². The van der Waals surface area contributed by atoms with E-state index in [1.807, 2.05) is 36.4 Å². The van der Waals surface area contributed by atoms with Crippen LogP contribution in [0.5, 0.6) is 0 Å². The summed E-state index contributed by atoms with van der Waals surface area (Å²) in [6.45, 7) is 1.68. The zero-order valence-electron chi connectivity index (χ0n) is 12.4. The van der Waals surface area contributed by atoms with Gasteiger partial charge in [-0.25, -0.2) is 4.79 Å². The van der Waals surface area contributed by atoms with Gasteiger partial charge in [0.05, 0.1) is 5.69 Å². The van der Waals surface area contributed by atoms with Gasteiger partial charge in [0.25, 0.3) is 0 Å². The molecule has 1 heterocycles. The van der Waals surface area contributed by atoms with Crippen molar-refractivity contribution >= 4 is 40.7 Å². The molecule has 7 nitrogen and oxygen atoms in total. The number of nitrogens with zero attached hydrogens (tertiary/aromatic N) is 3. The topological polar surface area (TPSA) is 113 Å². The Hall–Kier alpha value is -2.93. The van der Waals surface area contributed by atoms with Crippen molar-refractivity contribution in [3.8, 4) is 0 Å². The lowest BCUT2D eigenvalue weighted by Gasteiger charge is -2.14. The van der Waals surface area contributed by atoms with Crippen molar-refractivity contribution in [2.45, 2.75) is 6.92 Å². The molecule has 0 bridgehead atoms. The van der Waals surface area contributed by atoms with Crippen LogP contribution in [0, 0.1) is 6.92 Å². The quantitative estimate of drug-likeness (QED) is 0.466. The minimum atomic E-state index is -0.429. The Morgan fingerprint density at radius 2 is 1.87 bits per heavy atom. The van der Waals surface area contributed by atoms with E-state index in [0.29, 0.717) is 11.4 Å². The average molecular weight is 332 g/mol. The molecule has 0 saturated heterocycles. The van der Waals surface area contributed by atoms with Crippen LogP contribution in [0.3, 0.4) is 0 Å². The molecule has 0 aliphatic rings. The molecule has 3 aromatic rings. The number of halogens is 1. The van der Waals surface area contributed by atoms with Gasteiger partial charge in [-0.1, -0.05) is 30.3 Å². The highest BCUT2D eigenvalue weighted by molar-refractivity contribution is 6.20. The van der Waals surface area contributed by atoms with Gasteiger partial charge >= 0.3 is 11.9 Å². The largest absolute Gasteiger partial charge is 0.353 e. The molecule has 0 unspecified atom stereocenters. The van der Waals surface area contributed by atoms with Gasteiger partial charge in [-0.15, -0.1) is 17.5 Å². The molecule has 0 spiro atoms. The van der Waals surface area contributed by atoms with Crippen molar-refractivity contribution in [2.24, 2.45) is 5.73 Å². The molecule has 0 aliphatic carbocycles. The smallest absolute Gasteiger partial charge is 0.290 e. The van der Waals surface area contributed by atoms with Gasteiger partial charge in [-0.2, -0.15) is 15.2 Å². The fourth-order valence-corrected chi connectivity index (χ4v) is 2.29. The summed E-state index contributed by atoms with van der Waals surface area (Å²) in [6.07, 6.45) is 0. The van der Waals surface area contributed by atoms with Crippen LogP contribution in [0.25, 0.3) is 10.8 Å². The SMILES string of the molecule is Cc1n[nH]nc1C(=O)N(C(N)=[NH2+])c1ccc2ccccc2c1.Cl. The third kappa shape index (κ3) is 3.00. The normalized spacial score (nSPS) is 10.1. The number of carbonyl (C=O) groups excluding carboxylic acids is 1. The van der Waals surface area contributed by atoms with Crippen molar-refractivity contribution in [3.05, 3.63) is 53.9 Å². The number of aromatic nitrogens is 3. The van der Waals surface area contributed by atoms with E-state index in [0.717, 1.165) is 10.8 Å². The van der Waals surface area contributed by atoms with Crippen molar-refractivity contribution < 1.29 is 10.2 Å². The number of nitrogens with one attached hydrogen (secondary N) is 1. The van der Waals surface area contributed by atoms with E-state index in [9.17, 15) is 4.79 Å². The van der Waals surface area contributed by atoms with Crippen LogP contribution in [0.4, 0.5) is 5.69 Å². The molecule has 1 aromatic heterocycles. The van der Waals surface area contributed by atoms with Crippen molar-refractivity contribution in [2.75, 3.05) is 4.90 Å². The summed E-state index contributed by atoms with van der Waals surface area (Å²) in [7, 11) is 0. The van der Waals surface area contributed by atoms with Crippen LogP contribution in [0.1, 0.15) is 16.2 Å². The Morgan fingerprint density at radius 3 is 2.48 bits per heavy atom. The lowest BCUT2D eigenvalue weighted by Crippen LogP contribution is -2.58. The second-order valence-corrected chi connectivity index (χ2v) is 4.85. The zero-order valence-corrected chi connectivity index (χ0v) is 13.2. The molecular weight excluding hydrogens is 316 g/mol. The molecule has 118 valence electrons. The van der Waals surface area contributed by atoms with Gasteiger partial charge in [0.1, 0.15) is 5.69 Å². The monoisotopic (exact) mass is 331 g/mol. The van der Waals surface area contributed by atoms with E-state index >= 15 is 0 Å². The number of benzene rings is 2. The van der Waals surface area contributed by atoms with Crippen LogP contribution in [0.15, 0.2) is 42.5 Å². The Kier molecular flexibility index (Phi) is 4.61. The van der Waals surface area contributed by atoms with Crippen molar-refractivity contribution in [3.63, 3.8) is 0 Å². The molecule has 0 radical (unpaired) electrons. The number of carbonyl (C=O) groups is 1. The van der Waals surface area contributed by atoms with Gasteiger partial charge in [-0.3, -0.25) is 11.1 Å². The molecule has 8 heteroatoms. The minimum Gasteiger partial charge on any atom is -0.290 e. The number of H-pyrrole nitrogens is 1. The maximum atomic E-state index is 12.6. The summed E-state index contributed by atoms with van der Waals surface area (Å²) in [5, 5.41) is 17.9. The fourth-order valence-electron chi connectivity index (χ4n) is 2.29. The summed E-state index contributed by atoms with van der Waals surface area (Å²) in [5.74, 6) is -0.552. The highest BCUT2D eigenvalue weighted by Crippen LogP contribution is 2.23. The molecule has 0 saturated carbocycles. The van der Waals surface area contributed by atoms with Gasteiger partial charge < -0.3 is 0 Å². The lowest BCUT2D eigenvalue weighted by molar-refractivity contribution is -0.116. The number of anilines is 1. The molecule has 0 fully saturated rings. The Bertz CT molecular complexity index is 875.